The van der Waals surface area contributed by atoms with Gasteiger partial charge in [-0.3, -0.25) is 4.79 Å². The molecule has 1 atom stereocenters. The predicted octanol–water partition coefficient (Wildman–Crippen LogP) is 2.83. The molecule has 0 spiro atoms. The van der Waals surface area contributed by atoms with Crippen LogP contribution in [-0.2, 0) is 0 Å². The average molecular weight is 325 g/mol. The quantitative estimate of drug-likeness (QED) is 0.923. The molecule has 1 amide bonds. The Morgan fingerprint density at radius 3 is 2.95 bits per heavy atom. The molecule has 104 valence electrons. The van der Waals surface area contributed by atoms with Gasteiger partial charge in [-0.2, -0.15) is 0 Å². The Hall–Kier alpha value is -0.870. The maximum atomic E-state index is 12.1. The molecule has 1 N–H and O–H groups in total. The largest absolute Gasteiger partial charge is 0.352 e. The van der Waals surface area contributed by atoms with E-state index < -0.39 is 0 Å². The lowest BCUT2D eigenvalue weighted by molar-refractivity contribution is 0.0947. The van der Waals surface area contributed by atoms with Crippen LogP contribution in [0.3, 0.4) is 0 Å². The summed E-state index contributed by atoms with van der Waals surface area (Å²) in [6.45, 7) is 8.34. The van der Waals surface area contributed by atoms with Gasteiger partial charge < -0.3 is 10.2 Å². The third-order valence-electron chi connectivity index (χ3n) is 3.79. The van der Waals surface area contributed by atoms with Crippen LogP contribution in [0.2, 0.25) is 0 Å². The lowest BCUT2D eigenvalue weighted by Gasteiger charge is -2.14. The number of nitrogens with one attached hydrogen (secondary N) is 1. The van der Waals surface area contributed by atoms with Gasteiger partial charge in [0, 0.05) is 23.1 Å². The van der Waals surface area contributed by atoms with Crippen molar-refractivity contribution < 1.29 is 4.79 Å². The third kappa shape index (κ3) is 3.80. The van der Waals surface area contributed by atoms with Crippen molar-refractivity contribution in [2.75, 3.05) is 26.2 Å². The Kier molecular flexibility index (Phi) is 4.99. The van der Waals surface area contributed by atoms with E-state index in [1.807, 2.05) is 25.1 Å². The SMILES string of the molecule is CCN1CCC(CNC(=O)c2ccc(Br)c(C)c2)C1. The minimum Gasteiger partial charge on any atom is -0.352 e. The number of hydrogen-bond donors (Lipinski definition) is 1. The van der Waals surface area contributed by atoms with E-state index in [1.165, 1.54) is 6.42 Å². The highest BCUT2D eigenvalue weighted by Gasteiger charge is 2.21. The van der Waals surface area contributed by atoms with Crippen molar-refractivity contribution in [2.24, 2.45) is 5.92 Å². The first-order valence-electron chi connectivity index (χ1n) is 6.87. The monoisotopic (exact) mass is 324 g/mol. The zero-order chi connectivity index (χ0) is 13.8. The zero-order valence-corrected chi connectivity index (χ0v) is 13.2. The first-order valence-corrected chi connectivity index (χ1v) is 7.66. The summed E-state index contributed by atoms with van der Waals surface area (Å²) < 4.78 is 1.04. The summed E-state index contributed by atoms with van der Waals surface area (Å²) in [5, 5.41) is 3.05. The van der Waals surface area contributed by atoms with Gasteiger partial charge in [0.05, 0.1) is 0 Å². The third-order valence-corrected chi connectivity index (χ3v) is 4.68. The molecule has 4 heteroatoms. The summed E-state index contributed by atoms with van der Waals surface area (Å²) in [7, 11) is 0. The summed E-state index contributed by atoms with van der Waals surface area (Å²) in [6, 6.07) is 5.71. The van der Waals surface area contributed by atoms with E-state index in [0.29, 0.717) is 5.92 Å². The summed E-state index contributed by atoms with van der Waals surface area (Å²) in [4.78, 5) is 14.5. The van der Waals surface area contributed by atoms with Crippen molar-refractivity contribution in [2.45, 2.75) is 20.3 Å². The molecule has 2 rings (SSSR count). The lowest BCUT2D eigenvalue weighted by Crippen LogP contribution is -2.31. The molecule has 1 aromatic carbocycles. The van der Waals surface area contributed by atoms with Crippen LogP contribution in [-0.4, -0.2) is 37.0 Å². The van der Waals surface area contributed by atoms with E-state index >= 15 is 0 Å². The van der Waals surface area contributed by atoms with Gasteiger partial charge in [0.25, 0.3) is 5.91 Å². The Morgan fingerprint density at radius 1 is 1.53 bits per heavy atom. The number of carbonyl (C=O) groups is 1. The number of amides is 1. The topological polar surface area (TPSA) is 32.3 Å². The van der Waals surface area contributed by atoms with Gasteiger partial charge >= 0.3 is 0 Å². The maximum absolute atomic E-state index is 12.1. The fourth-order valence-electron chi connectivity index (χ4n) is 2.49. The summed E-state index contributed by atoms with van der Waals surface area (Å²) in [6.07, 6.45) is 1.19. The standard InChI is InChI=1S/C15H21BrN2O/c1-3-18-7-6-12(10-18)9-17-15(19)13-4-5-14(16)11(2)8-13/h4-5,8,12H,3,6-7,9-10H2,1-2H3,(H,17,19). The lowest BCUT2D eigenvalue weighted by atomic mass is 10.1. The fourth-order valence-corrected chi connectivity index (χ4v) is 2.74. The fraction of sp³-hybridized carbons (Fsp3) is 0.533. The smallest absolute Gasteiger partial charge is 0.251 e. The highest BCUT2D eigenvalue weighted by molar-refractivity contribution is 9.10. The molecule has 1 saturated heterocycles. The van der Waals surface area contributed by atoms with Crippen molar-refractivity contribution in [1.82, 2.24) is 10.2 Å². The average Bonchev–Trinajstić information content (AvgIpc) is 2.87. The highest BCUT2D eigenvalue weighted by Crippen LogP contribution is 2.18. The number of likely N-dealkylation sites (tertiary alicyclic amines) is 1. The summed E-state index contributed by atoms with van der Waals surface area (Å²) >= 11 is 3.45. The van der Waals surface area contributed by atoms with E-state index in [0.717, 1.165) is 41.8 Å². The number of carbonyl (C=O) groups excluding carboxylic acids is 1. The summed E-state index contributed by atoms with van der Waals surface area (Å²) in [5.74, 6) is 0.631. The zero-order valence-electron chi connectivity index (χ0n) is 11.6. The minimum absolute atomic E-state index is 0.0329. The van der Waals surface area contributed by atoms with E-state index in [-0.39, 0.29) is 5.91 Å². The van der Waals surface area contributed by atoms with Gasteiger partial charge in [0.15, 0.2) is 0 Å². The number of halogens is 1. The van der Waals surface area contributed by atoms with Gasteiger partial charge in [-0.15, -0.1) is 0 Å². The molecule has 0 bridgehead atoms. The van der Waals surface area contributed by atoms with Crippen LogP contribution in [0, 0.1) is 12.8 Å². The molecule has 3 nitrogen and oxygen atoms in total. The van der Waals surface area contributed by atoms with Crippen LogP contribution in [0.15, 0.2) is 22.7 Å². The van der Waals surface area contributed by atoms with E-state index in [4.69, 9.17) is 0 Å². The first-order chi connectivity index (χ1) is 9.10. The molecule has 1 heterocycles. The van der Waals surface area contributed by atoms with Crippen LogP contribution in [0.5, 0.6) is 0 Å². The number of benzene rings is 1. The number of nitrogens with zero attached hydrogens (tertiary/aromatic N) is 1. The number of rotatable bonds is 4. The van der Waals surface area contributed by atoms with Crippen LogP contribution in [0.4, 0.5) is 0 Å². The molecular weight excluding hydrogens is 304 g/mol. The number of aryl methyl sites for hydroxylation is 1. The van der Waals surface area contributed by atoms with Gasteiger partial charge in [0.1, 0.15) is 0 Å². The molecule has 1 aromatic rings. The first kappa shape index (κ1) is 14.5. The van der Waals surface area contributed by atoms with Crippen molar-refractivity contribution in [3.63, 3.8) is 0 Å². The van der Waals surface area contributed by atoms with Crippen LogP contribution < -0.4 is 5.32 Å². The van der Waals surface area contributed by atoms with E-state index in [2.05, 4.69) is 33.1 Å². The Bertz CT molecular complexity index is 461. The summed E-state index contributed by atoms with van der Waals surface area (Å²) in [5.41, 5.74) is 1.83. The van der Waals surface area contributed by atoms with E-state index in [9.17, 15) is 4.79 Å². The van der Waals surface area contributed by atoms with Gasteiger partial charge in [0.2, 0.25) is 0 Å². The van der Waals surface area contributed by atoms with Gasteiger partial charge in [-0.05, 0) is 56.1 Å². The molecular formula is C15H21BrN2O. The maximum Gasteiger partial charge on any atom is 0.251 e. The Morgan fingerprint density at radius 2 is 2.32 bits per heavy atom. The molecule has 1 aliphatic heterocycles. The second-order valence-corrected chi connectivity index (χ2v) is 6.08. The molecule has 1 aliphatic rings. The normalized spacial score (nSPS) is 19.6. The molecule has 1 unspecified atom stereocenters. The van der Waals surface area contributed by atoms with Crippen LogP contribution >= 0.6 is 15.9 Å². The van der Waals surface area contributed by atoms with Crippen molar-refractivity contribution >= 4 is 21.8 Å². The molecule has 0 aliphatic carbocycles. The second kappa shape index (κ2) is 6.53. The highest BCUT2D eigenvalue weighted by atomic mass is 79.9. The Balaban J connectivity index is 1.86. The predicted molar refractivity (Wildman–Crippen MR) is 81.4 cm³/mol. The molecule has 0 radical (unpaired) electrons. The van der Waals surface area contributed by atoms with Gasteiger partial charge in [-0.25, -0.2) is 0 Å². The van der Waals surface area contributed by atoms with Crippen LogP contribution in [0.25, 0.3) is 0 Å². The van der Waals surface area contributed by atoms with Gasteiger partial charge in [-0.1, -0.05) is 22.9 Å². The van der Waals surface area contributed by atoms with Crippen LogP contribution in [0.1, 0.15) is 29.3 Å². The molecule has 0 saturated carbocycles. The van der Waals surface area contributed by atoms with Crippen molar-refractivity contribution in [3.8, 4) is 0 Å². The Labute approximate surface area is 123 Å². The van der Waals surface area contributed by atoms with Crippen molar-refractivity contribution in [1.29, 1.82) is 0 Å². The number of hydrogen-bond acceptors (Lipinski definition) is 2. The van der Waals surface area contributed by atoms with Crippen molar-refractivity contribution in [3.05, 3.63) is 33.8 Å². The molecule has 1 fully saturated rings. The molecule has 19 heavy (non-hydrogen) atoms. The minimum atomic E-state index is 0.0329. The molecule has 0 aromatic heterocycles. The second-order valence-electron chi connectivity index (χ2n) is 5.22. The van der Waals surface area contributed by atoms with E-state index in [1.54, 1.807) is 0 Å².